The standard InChI is InChI=1S/C12H16N6O/c1-17-8-15-16-10(17)4-5-13-11-12(19)18(7-6-14-11)9-2-3-9/h6-9H,2-5H2,1H3,(H,13,14). The minimum Gasteiger partial charge on any atom is -0.365 e. The molecule has 0 unspecified atom stereocenters. The van der Waals surface area contributed by atoms with Crippen molar-refractivity contribution in [1.82, 2.24) is 24.3 Å². The summed E-state index contributed by atoms with van der Waals surface area (Å²) in [6, 6.07) is 0.370. The van der Waals surface area contributed by atoms with Crippen molar-refractivity contribution in [3.63, 3.8) is 0 Å². The van der Waals surface area contributed by atoms with Gasteiger partial charge in [0.2, 0.25) is 0 Å². The zero-order valence-electron chi connectivity index (χ0n) is 10.8. The number of rotatable bonds is 5. The van der Waals surface area contributed by atoms with Crippen molar-refractivity contribution in [3.8, 4) is 0 Å². The van der Waals surface area contributed by atoms with Crippen LogP contribution in [0.1, 0.15) is 24.7 Å². The van der Waals surface area contributed by atoms with E-state index in [1.165, 1.54) is 0 Å². The Morgan fingerprint density at radius 3 is 3.00 bits per heavy atom. The first-order chi connectivity index (χ1) is 9.25. The van der Waals surface area contributed by atoms with Crippen LogP contribution in [-0.2, 0) is 13.5 Å². The maximum Gasteiger partial charge on any atom is 0.293 e. The Hall–Kier alpha value is -2.18. The Morgan fingerprint density at radius 1 is 1.47 bits per heavy atom. The minimum atomic E-state index is -0.0389. The zero-order valence-corrected chi connectivity index (χ0v) is 10.8. The van der Waals surface area contributed by atoms with Crippen LogP contribution in [-0.4, -0.2) is 30.9 Å². The van der Waals surface area contributed by atoms with Crippen LogP contribution in [0.15, 0.2) is 23.5 Å². The number of aryl methyl sites for hydroxylation is 1. The summed E-state index contributed by atoms with van der Waals surface area (Å²) in [5, 5.41) is 10.9. The molecule has 1 saturated carbocycles. The molecule has 100 valence electrons. The summed E-state index contributed by atoms with van der Waals surface area (Å²) in [5.74, 6) is 1.29. The van der Waals surface area contributed by atoms with Crippen LogP contribution < -0.4 is 10.9 Å². The van der Waals surface area contributed by atoms with Crippen molar-refractivity contribution in [2.75, 3.05) is 11.9 Å². The van der Waals surface area contributed by atoms with Gasteiger partial charge in [0.15, 0.2) is 5.82 Å². The molecule has 2 aromatic rings. The lowest BCUT2D eigenvalue weighted by molar-refractivity contribution is 0.698. The molecule has 0 atom stereocenters. The molecule has 1 N–H and O–H groups in total. The smallest absolute Gasteiger partial charge is 0.293 e. The molecular formula is C12H16N6O. The summed E-state index contributed by atoms with van der Waals surface area (Å²) < 4.78 is 3.63. The summed E-state index contributed by atoms with van der Waals surface area (Å²) in [6.45, 7) is 0.615. The van der Waals surface area contributed by atoms with E-state index in [0.29, 0.717) is 24.8 Å². The Labute approximate surface area is 110 Å². The van der Waals surface area contributed by atoms with Gasteiger partial charge in [-0.15, -0.1) is 10.2 Å². The van der Waals surface area contributed by atoms with E-state index in [-0.39, 0.29) is 5.56 Å². The van der Waals surface area contributed by atoms with E-state index in [4.69, 9.17) is 0 Å². The van der Waals surface area contributed by atoms with E-state index in [2.05, 4.69) is 20.5 Å². The van der Waals surface area contributed by atoms with Gasteiger partial charge in [0.1, 0.15) is 12.2 Å². The van der Waals surface area contributed by atoms with Crippen LogP contribution in [0.4, 0.5) is 5.82 Å². The van der Waals surface area contributed by atoms with Crippen molar-refractivity contribution in [3.05, 3.63) is 34.9 Å². The van der Waals surface area contributed by atoms with Crippen LogP contribution in [0.2, 0.25) is 0 Å². The molecule has 3 rings (SSSR count). The molecule has 0 bridgehead atoms. The third-order valence-electron chi connectivity index (χ3n) is 3.25. The monoisotopic (exact) mass is 260 g/mol. The summed E-state index contributed by atoms with van der Waals surface area (Å²) in [6.07, 6.45) is 7.97. The topological polar surface area (TPSA) is 77.6 Å². The second-order valence-corrected chi connectivity index (χ2v) is 4.75. The molecule has 19 heavy (non-hydrogen) atoms. The Bertz CT molecular complexity index is 627. The van der Waals surface area contributed by atoms with Crippen LogP contribution in [0.3, 0.4) is 0 Å². The van der Waals surface area contributed by atoms with Gasteiger partial charge in [-0.1, -0.05) is 0 Å². The number of anilines is 1. The molecule has 1 aliphatic carbocycles. The molecule has 2 heterocycles. The summed E-state index contributed by atoms with van der Waals surface area (Å²) in [4.78, 5) is 16.2. The molecule has 0 aliphatic heterocycles. The maximum absolute atomic E-state index is 12.1. The molecule has 0 aromatic carbocycles. The fourth-order valence-corrected chi connectivity index (χ4v) is 2.01. The van der Waals surface area contributed by atoms with Gasteiger partial charge in [0, 0.05) is 38.4 Å². The van der Waals surface area contributed by atoms with E-state index in [9.17, 15) is 4.79 Å². The molecule has 7 heteroatoms. The molecule has 1 fully saturated rings. The van der Waals surface area contributed by atoms with Crippen molar-refractivity contribution >= 4 is 5.82 Å². The fourth-order valence-electron chi connectivity index (χ4n) is 2.01. The highest BCUT2D eigenvalue weighted by Crippen LogP contribution is 2.33. The lowest BCUT2D eigenvalue weighted by Crippen LogP contribution is -2.24. The van der Waals surface area contributed by atoms with Gasteiger partial charge in [-0.25, -0.2) is 4.98 Å². The van der Waals surface area contributed by atoms with Crippen molar-refractivity contribution in [2.45, 2.75) is 25.3 Å². The van der Waals surface area contributed by atoms with E-state index >= 15 is 0 Å². The minimum absolute atomic E-state index is 0.0389. The van der Waals surface area contributed by atoms with E-state index < -0.39 is 0 Å². The van der Waals surface area contributed by atoms with Crippen LogP contribution in [0.25, 0.3) is 0 Å². The quantitative estimate of drug-likeness (QED) is 0.840. The van der Waals surface area contributed by atoms with E-state index in [1.807, 2.05) is 11.6 Å². The molecular weight excluding hydrogens is 244 g/mol. The molecule has 1 aliphatic rings. The number of nitrogens with zero attached hydrogens (tertiary/aromatic N) is 5. The van der Waals surface area contributed by atoms with Gasteiger partial charge in [-0.05, 0) is 12.8 Å². The first-order valence-corrected chi connectivity index (χ1v) is 6.39. The number of hydrogen-bond donors (Lipinski definition) is 1. The maximum atomic E-state index is 12.1. The second-order valence-electron chi connectivity index (χ2n) is 4.75. The molecule has 0 amide bonds. The van der Waals surface area contributed by atoms with E-state index in [0.717, 1.165) is 18.7 Å². The predicted molar refractivity (Wildman–Crippen MR) is 70.0 cm³/mol. The first-order valence-electron chi connectivity index (χ1n) is 6.39. The van der Waals surface area contributed by atoms with Crippen molar-refractivity contribution < 1.29 is 0 Å². The molecule has 0 saturated heterocycles. The lowest BCUT2D eigenvalue weighted by atomic mass is 10.4. The fraction of sp³-hybridized carbons (Fsp3) is 0.500. The van der Waals surface area contributed by atoms with Crippen molar-refractivity contribution in [2.24, 2.45) is 7.05 Å². The van der Waals surface area contributed by atoms with Gasteiger partial charge in [0.25, 0.3) is 5.56 Å². The summed E-state index contributed by atoms with van der Waals surface area (Å²) >= 11 is 0. The van der Waals surface area contributed by atoms with Gasteiger partial charge >= 0.3 is 0 Å². The molecule has 0 radical (unpaired) electrons. The lowest BCUT2D eigenvalue weighted by Gasteiger charge is -2.07. The largest absolute Gasteiger partial charge is 0.365 e. The SMILES string of the molecule is Cn1cnnc1CCNc1nccn(C2CC2)c1=O. The third kappa shape index (κ3) is 2.49. The first kappa shape index (κ1) is 11.9. The summed E-state index contributed by atoms with van der Waals surface area (Å²) in [5.41, 5.74) is -0.0389. The normalized spacial score (nSPS) is 14.6. The average Bonchev–Trinajstić information content (AvgIpc) is 3.16. The van der Waals surface area contributed by atoms with E-state index in [1.54, 1.807) is 23.3 Å². The Kier molecular flexibility index (Phi) is 3.02. The Morgan fingerprint density at radius 2 is 2.32 bits per heavy atom. The molecule has 0 spiro atoms. The van der Waals surface area contributed by atoms with Gasteiger partial charge in [-0.2, -0.15) is 0 Å². The molecule has 7 nitrogen and oxygen atoms in total. The predicted octanol–water partition coefficient (Wildman–Crippen LogP) is 0.361. The average molecular weight is 260 g/mol. The number of nitrogens with one attached hydrogen (secondary N) is 1. The highest BCUT2D eigenvalue weighted by molar-refractivity contribution is 5.31. The zero-order chi connectivity index (χ0) is 13.2. The van der Waals surface area contributed by atoms with Crippen LogP contribution in [0, 0.1) is 0 Å². The number of aromatic nitrogens is 5. The number of hydrogen-bond acceptors (Lipinski definition) is 5. The highest BCUT2D eigenvalue weighted by Gasteiger charge is 2.25. The van der Waals surface area contributed by atoms with Gasteiger partial charge in [0.05, 0.1) is 0 Å². The Balaban J connectivity index is 1.65. The highest BCUT2D eigenvalue weighted by atomic mass is 16.1. The van der Waals surface area contributed by atoms with Gasteiger partial charge < -0.3 is 14.5 Å². The molecule has 2 aromatic heterocycles. The van der Waals surface area contributed by atoms with Crippen molar-refractivity contribution in [1.29, 1.82) is 0 Å². The summed E-state index contributed by atoms with van der Waals surface area (Å²) in [7, 11) is 1.90. The van der Waals surface area contributed by atoms with Gasteiger partial charge in [-0.3, -0.25) is 4.79 Å². The third-order valence-corrected chi connectivity index (χ3v) is 3.25. The van der Waals surface area contributed by atoms with Crippen LogP contribution in [0.5, 0.6) is 0 Å². The van der Waals surface area contributed by atoms with Crippen LogP contribution >= 0.6 is 0 Å². The second kappa shape index (κ2) is 4.83.